The van der Waals surface area contributed by atoms with Crippen molar-refractivity contribution in [3.05, 3.63) is 142 Å². The van der Waals surface area contributed by atoms with Crippen LogP contribution < -0.4 is 4.90 Å². The molecular formula is C33H21ClFNO3. The molecule has 7 rings (SSSR count). The lowest BCUT2D eigenvalue weighted by Gasteiger charge is -2.37. The van der Waals surface area contributed by atoms with Crippen LogP contribution in [-0.4, -0.2) is 29.4 Å². The molecule has 1 aliphatic carbocycles. The lowest BCUT2D eigenvalue weighted by molar-refractivity contribution is 0.0664. The van der Waals surface area contributed by atoms with Gasteiger partial charge in [0.15, 0.2) is 17.3 Å². The number of halogens is 2. The number of fused-ring (bicyclic) bond motifs is 5. The zero-order valence-corrected chi connectivity index (χ0v) is 21.3. The van der Waals surface area contributed by atoms with Gasteiger partial charge < -0.3 is 4.90 Å². The van der Waals surface area contributed by atoms with Gasteiger partial charge in [0.25, 0.3) is 0 Å². The third kappa shape index (κ3) is 3.14. The maximum absolute atomic E-state index is 15.7. The Labute approximate surface area is 229 Å². The van der Waals surface area contributed by atoms with Crippen LogP contribution in [0, 0.1) is 11.2 Å². The molecule has 3 atom stereocenters. The zero-order valence-electron chi connectivity index (χ0n) is 20.6. The lowest BCUT2D eigenvalue weighted by atomic mass is 9.64. The third-order valence-corrected chi connectivity index (χ3v) is 8.57. The summed E-state index contributed by atoms with van der Waals surface area (Å²) in [5.41, 5.74) is 0.855. The fourth-order valence-corrected chi connectivity index (χ4v) is 6.97. The van der Waals surface area contributed by atoms with Gasteiger partial charge in [0.2, 0.25) is 0 Å². The minimum absolute atomic E-state index is 0.166. The van der Waals surface area contributed by atoms with Crippen molar-refractivity contribution in [2.45, 2.75) is 18.0 Å². The van der Waals surface area contributed by atoms with Gasteiger partial charge in [0.05, 0.1) is 6.04 Å². The van der Waals surface area contributed by atoms with Crippen LogP contribution in [0.4, 0.5) is 10.1 Å². The van der Waals surface area contributed by atoms with Gasteiger partial charge in [0, 0.05) is 33.3 Å². The second-order valence-corrected chi connectivity index (χ2v) is 10.6. The van der Waals surface area contributed by atoms with Crippen molar-refractivity contribution >= 4 is 40.7 Å². The molecule has 1 fully saturated rings. The van der Waals surface area contributed by atoms with E-state index in [9.17, 15) is 14.4 Å². The minimum atomic E-state index is -1.74. The molecule has 4 aromatic carbocycles. The Balaban J connectivity index is 1.57. The lowest BCUT2D eigenvalue weighted by Crippen LogP contribution is -2.48. The van der Waals surface area contributed by atoms with Crippen molar-refractivity contribution in [2.24, 2.45) is 5.41 Å². The quantitative estimate of drug-likeness (QED) is 0.215. The number of hydrogen-bond donors (Lipinski definition) is 0. The van der Waals surface area contributed by atoms with Crippen LogP contribution in [0.25, 0.3) is 6.08 Å². The fraction of sp³-hybridized carbons (Fsp3) is 0.121. The van der Waals surface area contributed by atoms with E-state index in [0.717, 1.165) is 5.56 Å². The van der Waals surface area contributed by atoms with Crippen LogP contribution in [0.15, 0.2) is 103 Å². The largest absolute Gasteiger partial charge is 0.352 e. The van der Waals surface area contributed by atoms with Gasteiger partial charge >= 0.3 is 0 Å². The van der Waals surface area contributed by atoms with Gasteiger partial charge in [-0.25, -0.2) is 4.39 Å². The van der Waals surface area contributed by atoms with E-state index in [2.05, 4.69) is 0 Å². The maximum atomic E-state index is 15.7. The number of hydrogen-bond acceptors (Lipinski definition) is 4. The van der Waals surface area contributed by atoms with Crippen molar-refractivity contribution in [1.29, 1.82) is 0 Å². The predicted octanol–water partition coefficient (Wildman–Crippen LogP) is 6.80. The molecule has 0 radical (unpaired) electrons. The Morgan fingerprint density at radius 2 is 1.46 bits per heavy atom. The number of Topliss-reactive ketones (excluding diaryl/α,β-unsaturated/α-hetero) is 3. The summed E-state index contributed by atoms with van der Waals surface area (Å²) in [7, 11) is 0. The van der Waals surface area contributed by atoms with Crippen molar-refractivity contribution in [1.82, 2.24) is 0 Å². The Kier molecular flexibility index (Phi) is 5.23. The van der Waals surface area contributed by atoms with Crippen LogP contribution in [0.1, 0.15) is 48.1 Å². The van der Waals surface area contributed by atoms with E-state index in [-0.39, 0.29) is 11.3 Å². The molecule has 39 heavy (non-hydrogen) atoms. The van der Waals surface area contributed by atoms with E-state index >= 15 is 4.39 Å². The number of carbonyl (C=O) groups excluding carboxylic acids is 3. The molecule has 0 aromatic heterocycles. The summed E-state index contributed by atoms with van der Waals surface area (Å²) in [6, 6.07) is 25.0. The molecule has 190 valence electrons. The highest BCUT2D eigenvalue weighted by Gasteiger charge is 2.71. The third-order valence-electron chi connectivity index (χ3n) is 8.33. The second-order valence-electron chi connectivity index (χ2n) is 10.2. The fourth-order valence-electron chi connectivity index (χ4n) is 6.79. The molecule has 0 saturated carbocycles. The van der Waals surface area contributed by atoms with E-state index in [1.165, 1.54) is 6.07 Å². The molecule has 0 amide bonds. The second kappa shape index (κ2) is 8.58. The summed E-state index contributed by atoms with van der Waals surface area (Å²) in [5, 5.41) is 0.516. The average Bonchev–Trinajstić information content (AvgIpc) is 3.39. The predicted molar refractivity (Wildman–Crippen MR) is 148 cm³/mol. The number of nitrogens with zero attached hydrogens (tertiary/aromatic N) is 1. The van der Waals surface area contributed by atoms with Crippen LogP contribution in [0.5, 0.6) is 0 Å². The monoisotopic (exact) mass is 533 g/mol. The highest BCUT2D eigenvalue weighted by atomic mass is 35.5. The van der Waals surface area contributed by atoms with E-state index in [1.807, 2.05) is 17.0 Å². The van der Waals surface area contributed by atoms with Gasteiger partial charge in [-0.2, -0.15) is 0 Å². The summed E-state index contributed by atoms with van der Waals surface area (Å²) in [6.45, 7) is 0. The molecule has 4 aromatic rings. The summed E-state index contributed by atoms with van der Waals surface area (Å²) in [4.78, 5) is 45.3. The Morgan fingerprint density at radius 1 is 0.821 bits per heavy atom. The first-order valence-corrected chi connectivity index (χ1v) is 13.1. The first kappa shape index (κ1) is 23.7. The molecule has 4 nitrogen and oxygen atoms in total. The summed E-state index contributed by atoms with van der Waals surface area (Å²) < 4.78 is 15.7. The van der Waals surface area contributed by atoms with Crippen molar-refractivity contribution in [3.8, 4) is 0 Å². The van der Waals surface area contributed by atoms with E-state index in [0.29, 0.717) is 27.4 Å². The molecule has 2 aliphatic heterocycles. The Hall–Kier alpha value is -4.35. The number of carbonyl (C=O) groups is 3. The average molecular weight is 534 g/mol. The summed E-state index contributed by atoms with van der Waals surface area (Å²) in [6.07, 6.45) is 3.63. The molecule has 1 saturated heterocycles. The van der Waals surface area contributed by atoms with Crippen LogP contribution >= 0.6 is 11.6 Å². The van der Waals surface area contributed by atoms with Crippen molar-refractivity contribution in [2.75, 3.05) is 4.90 Å². The standard InChI is InChI=1S/C33H21ClFNO3/c34-21-15-16-26-20(18-21)14-17-27-33(31(38)22-10-4-5-11-23(22)32(33)39)28(24-12-6-7-13-25(24)35)29(36(26)27)30(37)19-8-2-1-3-9-19/h1-18,27-29H/t27-,28+,29+/m1/s1. The molecule has 3 aliphatic rings. The first-order valence-electron chi connectivity index (χ1n) is 12.7. The van der Waals surface area contributed by atoms with E-state index in [1.54, 1.807) is 91.0 Å². The normalized spacial score (nSPS) is 22.1. The SMILES string of the molecule is O=C(c1ccccc1)[C@@H]1[C@H](c2ccccc2F)C2(C(=O)c3ccccc3C2=O)[C@H]2C=Cc3cc(Cl)ccc3N12. The molecule has 1 spiro atoms. The number of ketones is 3. The zero-order chi connectivity index (χ0) is 26.9. The van der Waals surface area contributed by atoms with Gasteiger partial charge in [-0.05, 0) is 35.4 Å². The van der Waals surface area contributed by atoms with Crippen molar-refractivity contribution < 1.29 is 18.8 Å². The topological polar surface area (TPSA) is 54.5 Å². The van der Waals surface area contributed by atoms with Gasteiger partial charge in [-0.15, -0.1) is 0 Å². The number of benzene rings is 4. The van der Waals surface area contributed by atoms with Crippen LogP contribution in [0.2, 0.25) is 5.02 Å². The number of rotatable bonds is 3. The van der Waals surface area contributed by atoms with E-state index in [4.69, 9.17) is 11.6 Å². The highest BCUT2D eigenvalue weighted by molar-refractivity contribution is 6.32. The smallest absolute Gasteiger partial charge is 0.185 e. The Morgan fingerprint density at radius 3 is 2.15 bits per heavy atom. The molecule has 6 heteroatoms. The van der Waals surface area contributed by atoms with Crippen LogP contribution in [-0.2, 0) is 0 Å². The highest BCUT2D eigenvalue weighted by Crippen LogP contribution is 2.61. The summed E-state index contributed by atoms with van der Waals surface area (Å²) >= 11 is 6.31. The van der Waals surface area contributed by atoms with Gasteiger partial charge in [-0.3, -0.25) is 14.4 Å². The minimum Gasteiger partial charge on any atom is -0.352 e. The Bertz CT molecular complexity index is 1700. The van der Waals surface area contributed by atoms with Crippen LogP contribution in [0.3, 0.4) is 0 Å². The van der Waals surface area contributed by atoms with Gasteiger partial charge in [0.1, 0.15) is 17.3 Å². The molecule has 0 N–H and O–H groups in total. The molecule has 0 unspecified atom stereocenters. The maximum Gasteiger partial charge on any atom is 0.185 e. The molecule has 0 bridgehead atoms. The molecular weight excluding hydrogens is 513 g/mol. The first-order chi connectivity index (χ1) is 18.9. The summed E-state index contributed by atoms with van der Waals surface area (Å²) in [5.74, 6) is -2.73. The van der Waals surface area contributed by atoms with E-state index < -0.39 is 40.8 Å². The van der Waals surface area contributed by atoms with Crippen molar-refractivity contribution in [3.63, 3.8) is 0 Å². The number of anilines is 1. The molecule has 2 heterocycles. The van der Waals surface area contributed by atoms with Gasteiger partial charge in [-0.1, -0.05) is 96.5 Å².